The van der Waals surface area contributed by atoms with Gasteiger partial charge < -0.3 is 11.1 Å². The summed E-state index contributed by atoms with van der Waals surface area (Å²) in [4.78, 5) is 15.7. The Labute approximate surface area is 100 Å². The molecule has 0 aliphatic rings. The van der Waals surface area contributed by atoms with Gasteiger partial charge in [0.15, 0.2) is 0 Å². The number of carbonyl (C=O) groups is 1. The predicted octanol–water partition coefficient (Wildman–Crippen LogP) is 1.54. The van der Waals surface area contributed by atoms with Crippen molar-refractivity contribution in [2.45, 2.75) is 18.6 Å². The molecule has 1 rings (SSSR count). The van der Waals surface area contributed by atoms with Crippen molar-refractivity contribution in [3.05, 3.63) is 24.0 Å². The van der Waals surface area contributed by atoms with Crippen molar-refractivity contribution in [1.82, 2.24) is 10.3 Å². The highest BCUT2D eigenvalue weighted by atomic mass is 32.2. The van der Waals surface area contributed by atoms with E-state index in [0.29, 0.717) is 17.8 Å². The lowest BCUT2D eigenvalue weighted by Gasteiger charge is -2.22. The number of nitrogen functional groups attached to an aromatic ring is 1. The first kappa shape index (κ1) is 12.8. The number of anilines is 1. The molecule has 0 atom stereocenters. The van der Waals surface area contributed by atoms with Crippen LogP contribution in [0.4, 0.5) is 5.69 Å². The highest BCUT2D eigenvalue weighted by molar-refractivity contribution is 7.99. The molecule has 88 valence electrons. The van der Waals surface area contributed by atoms with Crippen molar-refractivity contribution >= 4 is 23.4 Å². The van der Waals surface area contributed by atoms with E-state index in [4.69, 9.17) is 5.73 Å². The zero-order valence-corrected chi connectivity index (χ0v) is 10.6. The van der Waals surface area contributed by atoms with Crippen molar-refractivity contribution in [2.75, 3.05) is 18.5 Å². The molecule has 5 heteroatoms. The van der Waals surface area contributed by atoms with Crippen LogP contribution in [0.2, 0.25) is 0 Å². The number of rotatable bonds is 4. The molecule has 0 bridgehead atoms. The van der Waals surface area contributed by atoms with Crippen LogP contribution in [0.15, 0.2) is 18.5 Å². The van der Waals surface area contributed by atoms with Gasteiger partial charge in [-0.1, -0.05) is 0 Å². The van der Waals surface area contributed by atoms with Gasteiger partial charge in [-0.3, -0.25) is 9.78 Å². The Balaban J connectivity index is 2.64. The first-order valence-electron chi connectivity index (χ1n) is 4.99. The third-order valence-corrected chi connectivity index (χ3v) is 3.58. The van der Waals surface area contributed by atoms with E-state index < -0.39 is 0 Å². The smallest absolute Gasteiger partial charge is 0.254 e. The van der Waals surface area contributed by atoms with E-state index in [1.54, 1.807) is 24.0 Å². The molecular weight excluding hydrogens is 222 g/mol. The number of aromatic nitrogens is 1. The highest BCUT2D eigenvalue weighted by Crippen LogP contribution is 2.19. The number of hydrogen-bond donors (Lipinski definition) is 2. The molecule has 1 amide bonds. The highest BCUT2D eigenvalue weighted by Gasteiger charge is 2.18. The van der Waals surface area contributed by atoms with Gasteiger partial charge in [0.05, 0.1) is 5.56 Å². The Morgan fingerprint density at radius 3 is 2.88 bits per heavy atom. The van der Waals surface area contributed by atoms with Crippen LogP contribution in [0.5, 0.6) is 0 Å². The summed E-state index contributed by atoms with van der Waals surface area (Å²) < 4.78 is 0.0205. The number of carbonyl (C=O) groups excluding carboxylic acids is 1. The molecule has 0 aliphatic heterocycles. The number of hydrogen-bond acceptors (Lipinski definition) is 4. The maximum absolute atomic E-state index is 11.8. The van der Waals surface area contributed by atoms with Crippen LogP contribution in [0.3, 0.4) is 0 Å². The van der Waals surface area contributed by atoms with Crippen LogP contribution >= 0.6 is 11.8 Å². The average molecular weight is 239 g/mol. The summed E-state index contributed by atoms with van der Waals surface area (Å²) in [5.74, 6) is -0.173. The van der Waals surface area contributed by atoms with Crippen LogP contribution < -0.4 is 11.1 Å². The molecule has 0 fully saturated rings. The summed E-state index contributed by atoms with van der Waals surface area (Å²) in [5, 5.41) is 2.85. The van der Waals surface area contributed by atoms with Crippen LogP contribution in [-0.2, 0) is 0 Å². The third kappa shape index (κ3) is 3.41. The summed E-state index contributed by atoms with van der Waals surface area (Å²) in [6, 6.07) is 1.62. The van der Waals surface area contributed by atoms with Crippen LogP contribution in [0.25, 0.3) is 0 Å². The number of nitrogens with zero attached hydrogens (tertiary/aromatic N) is 1. The Hall–Kier alpha value is -1.23. The number of pyridine rings is 1. The summed E-state index contributed by atoms with van der Waals surface area (Å²) in [6.07, 6.45) is 5.07. The molecule has 0 saturated heterocycles. The predicted molar refractivity (Wildman–Crippen MR) is 68.6 cm³/mol. The molecule has 0 unspecified atom stereocenters. The quantitative estimate of drug-likeness (QED) is 0.836. The van der Waals surface area contributed by atoms with Crippen molar-refractivity contribution < 1.29 is 4.79 Å². The first-order chi connectivity index (χ1) is 7.46. The van der Waals surface area contributed by atoms with Gasteiger partial charge in [-0.2, -0.15) is 11.8 Å². The molecular formula is C11H17N3OS. The molecule has 1 aromatic rings. The monoisotopic (exact) mass is 239 g/mol. The molecule has 0 aliphatic carbocycles. The van der Waals surface area contributed by atoms with Gasteiger partial charge in [-0.25, -0.2) is 0 Å². The second-order valence-corrected chi connectivity index (χ2v) is 5.62. The van der Waals surface area contributed by atoms with Gasteiger partial charge in [0.2, 0.25) is 0 Å². The van der Waals surface area contributed by atoms with E-state index in [1.807, 2.05) is 6.26 Å². The lowest BCUT2D eigenvalue weighted by molar-refractivity contribution is 0.0951. The van der Waals surface area contributed by atoms with Gasteiger partial charge in [0, 0.05) is 29.4 Å². The van der Waals surface area contributed by atoms with Crippen LogP contribution in [0, 0.1) is 0 Å². The zero-order valence-electron chi connectivity index (χ0n) is 9.78. The fourth-order valence-corrected chi connectivity index (χ4v) is 1.27. The van der Waals surface area contributed by atoms with Gasteiger partial charge in [-0.05, 0) is 26.2 Å². The molecule has 4 nitrogen and oxygen atoms in total. The second-order valence-electron chi connectivity index (χ2n) is 4.11. The zero-order chi connectivity index (χ0) is 12.2. The molecule has 0 aromatic carbocycles. The lowest BCUT2D eigenvalue weighted by Crippen LogP contribution is -2.36. The normalized spacial score (nSPS) is 11.2. The maximum atomic E-state index is 11.8. The molecule has 1 heterocycles. The molecule has 0 spiro atoms. The van der Waals surface area contributed by atoms with Crippen molar-refractivity contribution in [2.24, 2.45) is 0 Å². The topological polar surface area (TPSA) is 68.0 Å². The molecule has 1 aromatic heterocycles. The Bertz CT molecular complexity index is 379. The average Bonchev–Trinajstić information content (AvgIpc) is 2.27. The molecule has 0 saturated carbocycles. The van der Waals surface area contributed by atoms with E-state index in [-0.39, 0.29) is 10.7 Å². The maximum Gasteiger partial charge on any atom is 0.254 e. The van der Waals surface area contributed by atoms with E-state index >= 15 is 0 Å². The summed E-state index contributed by atoms with van der Waals surface area (Å²) in [5.41, 5.74) is 6.57. The van der Waals surface area contributed by atoms with Gasteiger partial charge >= 0.3 is 0 Å². The SMILES string of the molecule is CSC(C)(C)CNC(=O)c1cnccc1N. The fourth-order valence-electron chi connectivity index (χ4n) is 1.06. The van der Waals surface area contributed by atoms with Gasteiger partial charge in [0.25, 0.3) is 5.91 Å². The van der Waals surface area contributed by atoms with E-state index in [2.05, 4.69) is 24.1 Å². The third-order valence-electron chi connectivity index (χ3n) is 2.33. The van der Waals surface area contributed by atoms with Crippen LogP contribution in [0.1, 0.15) is 24.2 Å². The summed E-state index contributed by atoms with van der Waals surface area (Å²) in [6.45, 7) is 4.75. The number of thioether (sulfide) groups is 1. The van der Waals surface area contributed by atoms with E-state index in [1.165, 1.54) is 6.20 Å². The van der Waals surface area contributed by atoms with Crippen molar-refractivity contribution in [1.29, 1.82) is 0 Å². The van der Waals surface area contributed by atoms with E-state index in [9.17, 15) is 4.79 Å². The Kier molecular flexibility index (Phi) is 4.18. The summed E-state index contributed by atoms with van der Waals surface area (Å²) >= 11 is 1.71. The Morgan fingerprint density at radius 2 is 2.31 bits per heavy atom. The van der Waals surface area contributed by atoms with Crippen LogP contribution in [-0.4, -0.2) is 28.4 Å². The standard InChI is InChI=1S/C11H17N3OS/c1-11(2,16-3)7-14-10(15)8-6-13-5-4-9(8)12/h4-6H,7H2,1-3H3,(H2,12,13)(H,14,15). The second kappa shape index (κ2) is 5.21. The number of amides is 1. The minimum absolute atomic E-state index is 0.0205. The van der Waals surface area contributed by atoms with Gasteiger partial charge in [0.1, 0.15) is 0 Å². The van der Waals surface area contributed by atoms with Gasteiger partial charge in [-0.15, -0.1) is 0 Å². The Morgan fingerprint density at radius 1 is 1.62 bits per heavy atom. The number of nitrogens with one attached hydrogen (secondary N) is 1. The van der Waals surface area contributed by atoms with Crippen molar-refractivity contribution in [3.63, 3.8) is 0 Å². The lowest BCUT2D eigenvalue weighted by atomic mass is 10.2. The minimum atomic E-state index is -0.173. The fraction of sp³-hybridized carbons (Fsp3) is 0.455. The van der Waals surface area contributed by atoms with E-state index in [0.717, 1.165) is 0 Å². The summed E-state index contributed by atoms with van der Waals surface area (Å²) in [7, 11) is 0. The first-order valence-corrected chi connectivity index (χ1v) is 6.21. The molecule has 0 radical (unpaired) electrons. The molecule has 16 heavy (non-hydrogen) atoms. The van der Waals surface area contributed by atoms with Crippen molar-refractivity contribution in [3.8, 4) is 0 Å². The molecule has 3 N–H and O–H groups in total. The minimum Gasteiger partial charge on any atom is -0.398 e. The number of nitrogens with two attached hydrogens (primary N) is 1. The largest absolute Gasteiger partial charge is 0.398 e.